The van der Waals surface area contributed by atoms with E-state index in [0.717, 1.165) is 5.56 Å². The van der Waals surface area contributed by atoms with Gasteiger partial charge in [-0.1, -0.05) is 17.7 Å². The minimum Gasteiger partial charge on any atom is -0.321 e. The third-order valence-corrected chi connectivity index (χ3v) is 1.73. The van der Waals surface area contributed by atoms with Crippen LogP contribution in [0.25, 0.3) is 0 Å². The van der Waals surface area contributed by atoms with Crippen molar-refractivity contribution in [2.24, 2.45) is 5.73 Å². The summed E-state index contributed by atoms with van der Waals surface area (Å²) in [5, 5.41) is 0.583. The molecule has 2 N–H and O–H groups in total. The average Bonchev–Trinajstić information content (AvgIpc) is 2.04. The first kappa shape index (κ1) is 11.4. The van der Waals surface area contributed by atoms with Crippen molar-refractivity contribution in [3.05, 3.63) is 41.7 Å². The summed E-state index contributed by atoms with van der Waals surface area (Å²) in [7, 11) is 0. The molecular formula is C8H10Cl2N2. The van der Waals surface area contributed by atoms with Crippen molar-refractivity contribution in [1.29, 1.82) is 0 Å². The van der Waals surface area contributed by atoms with E-state index in [2.05, 4.69) is 11.6 Å². The van der Waals surface area contributed by atoms with Crippen LogP contribution in [0.1, 0.15) is 11.6 Å². The Morgan fingerprint density at radius 1 is 1.67 bits per heavy atom. The number of pyridine rings is 1. The Morgan fingerprint density at radius 3 is 2.83 bits per heavy atom. The summed E-state index contributed by atoms with van der Waals surface area (Å²) in [4.78, 5) is 3.84. The Hall–Kier alpha value is -0.570. The predicted octanol–water partition coefficient (Wildman–Crippen LogP) is 2.34. The van der Waals surface area contributed by atoms with Crippen LogP contribution in [0.2, 0.25) is 5.02 Å². The van der Waals surface area contributed by atoms with Gasteiger partial charge in [-0.25, -0.2) is 0 Å². The summed E-state index contributed by atoms with van der Waals surface area (Å²) in [6.07, 6.45) is 4.87. The molecule has 0 fully saturated rings. The third kappa shape index (κ3) is 2.48. The molecule has 1 rings (SSSR count). The minimum absolute atomic E-state index is 0. The van der Waals surface area contributed by atoms with Crippen LogP contribution in [0.4, 0.5) is 0 Å². The van der Waals surface area contributed by atoms with Crippen molar-refractivity contribution in [1.82, 2.24) is 4.98 Å². The SMILES string of the molecule is C=C[C@@H](N)c1ccncc1Cl.Cl. The number of hydrogen-bond acceptors (Lipinski definition) is 2. The van der Waals surface area contributed by atoms with Crippen molar-refractivity contribution in [3.8, 4) is 0 Å². The normalized spacial score (nSPS) is 11.5. The lowest BCUT2D eigenvalue weighted by Gasteiger charge is -2.06. The third-order valence-electron chi connectivity index (χ3n) is 1.42. The van der Waals surface area contributed by atoms with Crippen LogP contribution >= 0.6 is 24.0 Å². The lowest BCUT2D eigenvalue weighted by atomic mass is 10.1. The fourth-order valence-corrected chi connectivity index (χ4v) is 1.03. The lowest BCUT2D eigenvalue weighted by Crippen LogP contribution is -2.06. The molecule has 66 valence electrons. The molecule has 0 aliphatic carbocycles. The number of aromatic nitrogens is 1. The molecule has 0 radical (unpaired) electrons. The van der Waals surface area contributed by atoms with E-state index < -0.39 is 0 Å². The van der Waals surface area contributed by atoms with Crippen molar-refractivity contribution in [2.75, 3.05) is 0 Å². The summed E-state index contributed by atoms with van der Waals surface area (Å²) in [6, 6.07) is 1.58. The van der Waals surface area contributed by atoms with Gasteiger partial charge < -0.3 is 5.73 Å². The molecule has 1 atom stereocenters. The number of nitrogens with zero attached hydrogens (tertiary/aromatic N) is 1. The van der Waals surface area contributed by atoms with E-state index in [0.29, 0.717) is 5.02 Å². The maximum absolute atomic E-state index is 5.81. The second-order valence-corrected chi connectivity index (χ2v) is 2.57. The van der Waals surface area contributed by atoms with E-state index >= 15 is 0 Å². The molecule has 1 aromatic heterocycles. The van der Waals surface area contributed by atoms with Crippen LogP contribution in [0, 0.1) is 0 Å². The van der Waals surface area contributed by atoms with Crippen LogP contribution < -0.4 is 5.73 Å². The maximum atomic E-state index is 5.81. The van der Waals surface area contributed by atoms with Crippen molar-refractivity contribution < 1.29 is 0 Å². The lowest BCUT2D eigenvalue weighted by molar-refractivity contribution is 0.910. The van der Waals surface area contributed by atoms with Crippen LogP contribution in [0.3, 0.4) is 0 Å². The van der Waals surface area contributed by atoms with Crippen molar-refractivity contribution >= 4 is 24.0 Å². The molecular weight excluding hydrogens is 195 g/mol. The van der Waals surface area contributed by atoms with Crippen LogP contribution in [-0.2, 0) is 0 Å². The summed E-state index contributed by atoms with van der Waals surface area (Å²) in [6.45, 7) is 3.57. The molecule has 0 aromatic carbocycles. The summed E-state index contributed by atoms with van der Waals surface area (Å²) < 4.78 is 0. The monoisotopic (exact) mass is 204 g/mol. The van der Waals surface area contributed by atoms with Crippen LogP contribution in [0.5, 0.6) is 0 Å². The van der Waals surface area contributed by atoms with Gasteiger partial charge in [0, 0.05) is 18.4 Å². The van der Waals surface area contributed by atoms with Crippen LogP contribution in [0.15, 0.2) is 31.1 Å². The Balaban J connectivity index is 0.00000121. The summed E-state index contributed by atoms with van der Waals surface area (Å²) in [5.74, 6) is 0. The Kier molecular flexibility index (Phi) is 4.90. The van der Waals surface area contributed by atoms with E-state index in [1.807, 2.05) is 0 Å². The molecule has 12 heavy (non-hydrogen) atoms. The van der Waals surface area contributed by atoms with Gasteiger partial charge in [-0.05, 0) is 11.6 Å². The quantitative estimate of drug-likeness (QED) is 0.752. The van der Waals surface area contributed by atoms with Gasteiger partial charge in [-0.15, -0.1) is 19.0 Å². The second-order valence-electron chi connectivity index (χ2n) is 2.16. The Morgan fingerprint density at radius 2 is 2.33 bits per heavy atom. The summed E-state index contributed by atoms with van der Waals surface area (Å²) >= 11 is 5.81. The standard InChI is InChI=1S/C8H9ClN2.ClH/c1-2-8(10)6-3-4-11-5-7(6)9;/h2-5,8H,1,10H2;1H/t8-;/m1./s1. The highest BCUT2D eigenvalue weighted by Crippen LogP contribution is 2.19. The van der Waals surface area contributed by atoms with E-state index in [9.17, 15) is 0 Å². The number of nitrogens with two attached hydrogens (primary N) is 1. The fourth-order valence-electron chi connectivity index (χ4n) is 0.783. The predicted molar refractivity (Wildman–Crippen MR) is 53.6 cm³/mol. The molecule has 1 heterocycles. The topological polar surface area (TPSA) is 38.9 Å². The molecule has 0 unspecified atom stereocenters. The van der Waals surface area contributed by atoms with Crippen molar-refractivity contribution in [3.63, 3.8) is 0 Å². The zero-order chi connectivity index (χ0) is 8.27. The molecule has 4 heteroatoms. The van der Waals surface area contributed by atoms with Gasteiger partial charge in [-0.2, -0.15) is 0 Å². The summed E-state index contributed by atoms with van der Waals surface area (Å²) in [5.41, 5.74) is 6.52. The number of halogens is 2. The maximum Gasteiger partial charge on any atom is 0.0640 e. The largest absolute Gasteiger partial charge is 0.321 e. The molecule has 0 saturated heterocycles. The second kappa shape index (κ2) is 5.14. The smallest absolute Gasteiger partial charge is 0.0640 e. The minimum atomic E-state index is -0.203. The number of hydrogen-bond donors (Lipinski definition) is 1. The zero-order valence-electron chi connectivity index (χ0n) is 6.40. The molecule has 0 spiro atoms. The highest BCUT2D eigenvalue weighted by atomic mass is 35.5. The highest BCUT2D eigenvalue weighted by molar-refractivity contribution is 6.31. The van der Waals surface area contributed by atoms with Gasteiger partial charge in [0.05, 0.1) is 5.02 Å². The fraction of sp³-hybridized carbons (Fsp3) is 0.125. The average molecular weight is 205 g/mol. The molecule has 0 bridgehead atoms. The van der Waals surface area contributed by atoms with Crippen molar-refractivity contribution in [2.45, 2.75) is 6.04 Å². The molecule has 0 aliphatic rings. The molecule has 0 amide bonds. The molecule has 0 saturated carbocycles. The van der Waals surface area contributed by atoms with Gasteiger partial charge in [-0.3, -0.25) is 4.98 Å². The first-order valence-electron chi connectivity index (χ1n) is 3.23. The highest BCUT2D eigenvalue weighted by Gasteiger charge is 2.04. The molecule has 2 nitrogen and oxygen atoms in total. The Bertz CT molecular complexity index is 263. The first-order valence-corrected chi connectivity index (χ1v) is 3.61. The van der Waals surface area contributed by atoms with Gasteiger partial charge in [0.15, 0.2) is 0 Å². The van der Waals surface area contributed by atoms with Gasteiger partial charge in [0.1, 0.15) is 0 Å². The van der Waals surface area contributed by atoms with Gasteiger partial charge in [0.25, 0.3) is 0 Å². The van der Waals surface area contributed by atoms with E-state index in [1.165, 1.54) is 0 Å². The van der Waals surface area contributed by atoms with Gasteiger partial charge in [0.2, 0.25) is 0 Å². The first-order chi connectivity index (χ1) is 5.25. The van der Waals surface area contributed by atoms with E-state index in [4.69, 9.17) is 17.3 Å². The van der Waals surface area contributed by atoms with Crippen LogP contribution in [-0.4, -0.2) is 4.98 Å². The number of rotatable bonds is 2. The van der Waals surface area contributed by atoms with Gasteiger partial charge >= 0.3 is 0 Å². The zero-order valence-corrected chi connectivity index (χ0v) is 7.98. The molecule has 1 aromatic rings. The molecule has 0 aliphatic heterocycles. The Labute approximate surface area is 82.9 Å². The van der Waals surface area contributed by atoms with E-state index in [1.54, 1.807) is 24.5 Å². The van der Waals surface area contributed by atoms with E-state index in [-0.39, 0.29) is 18.4 Å².